The Bertz CT molecular complexity index is 537. The van der Waals surface area contributed by atoms with Crippen LogP contribution in [0, 0.1) is 0 Å². The minimum absolute atomic E-state index is 0.0554. The number of hydrogen-bond acceptors (Lipinski definition) is 2. The molecular formula is C13H10ClNO2. The number of rotatable bonds is 3. The highest BCUT2D eigenvalue weighted by Crippen LogP contribution is 2.14. The average molecular weight is 248 g/mol. The van der Waals surface area contributed by atoms with Crippen molar-refractivity contribution < 1.29 is 9.90 Å². The molecule has 0 aliphatic heterocycles. The summed E-state index contributed by atoms with van der Waals surface area (Å²) in [6.07, 6.45) is 2.26. The van der Waals surface area contributed by atoms with Gasteiger partial charge in [-0.1, -0.05) is 29.8 Å². The molecule has 0 bridgehead atoms. The van der Waals surface area contributed by atoms with Crippen molar-refractivity contribution in [3.63, 3.8) is 0 Å². The zero-order valence-electron chi connectivity index (χ0n) is 8.93. The molecule has 0 radical (unpaired) electrons. The van der Waals surface area contributed by atoms with Gasteiger partial charge in [0.1, 0.15) is 5.69 Å². The Morgan fingerprint density at radius 1 is 1.24 bits per heavy atom. The van der Waals surface area contributed by atoms with Crippen LogP contribution in [0.4, 0.5) is 0 Å². The summed E-state index contributed by atoms with van der Waals surface area (Å²) in [5, 5.41) is 9.41. The second kappa shape index (κ2) is 4.97. The predicted molar refractivity (Wildman–Crippen MR) is 65.5 cm³/mol. The Hall–Kier alpha value is -1.87. The topological polar surface area (TPSA) is 50.2 Å². The van der Waals surface area contributed by atoms with Crippen molar-refractivity contribution in [2.45, 2.75) is 6.42 Å². The van der Waals surface area contributed by atoms with Crippen LogP contribution in [-0.2, 0) is 6.42 Å². The van der Waals surface area contributed by atoms with E-state index < -0.39 is 5.97 Å². The zero-order chi connectivity index (χ0) is 12.3. The molecule has 0 unspecified atom stereocenters. The van der Waals surface area contributed by atoms with Crippen molar-refractivity contribution >= 4 is 17.6 Å². The molecular weight excluding hydrogens is 238 g/mol. The van der Waals surface area contributed by atoms with Crippen LogP contribution in [0.25, 0.3) is 0 Å². The number of aromatic nitrogens is 1. The molecule has 86 valence electrons. The largest absolute Gasteiger partial charge is 0.477 e. The van der Waals surface area contributed by atoms with Gasteiger partial charge in [0.2, 0.25) is 0 Å². The predicted octanol–water partition coefficient (Wildman–Crippen LogP) is 3.02. The summed E-state index contributed by atoms with van der Waals surface area (Å²) in [4.78, 5) is 14.5. The number of benzene rings is 1. The molecule has 1 heterocycles. The minimum Gasteiger partial charge on any atom is -0.477 e. The number of carboxylic acid groups (broad SMARTS) is 1. The number of pyridine rings is 1. The van der Waals surface area contributed by atoms with Crippen molar-refractivity contribution in [2.75, 3.05) is 0 Å². The average Bonchev–Trinajstić information content (AvgIpc) is 2.29. The normalized spacial score (nSPS) is 10.2. The van der Waals surface area contributed by atoms with Gasteiger partial charge in [-0.05, 0) is 35.7 Å². The van der Waals surface area contributed by atoms with Crippen LogP contribution in [0.5, 0.6) is 0 Å². The summed E-state index contributed by atoms with van der Waals surface area (Å²) in [6, 6.07) is 10.8. The molecule has 17 heavy (non-hydrogen) atoms. The fraction of sp³-hybridized carbons (Fsp3) is 0.0769. The molecule has 4 heteroatoms. The summed E-state index contributed by atoms with van der Waals surface area (Å²) in [7, 11) is 0. The zero-order valence-corrected chi connectivity index (χ0v) is 9.69. The minimum atomic E-state index is -1.01. The van der Waals surface area contributed by atoms with Gasteiger partial charge >= 0.3 is 5.97 Å². The highest BCUT2D eigenvalue weighted by molar-refractivity contribution is 6.30. The van der Waals surface area contributed by atoms with E-state index in [-0.39, 0.29) is 5.69 Å². The van der Waals surface area contributed by atoms with Gasteiger partial charge in [-0.2, -0.15) is 0 Å². The first-order valence-corrected chi connectivity index (χ1v) is 5.45. The van der Waals surface area contributed by atoms with Gasteiger partial charge in [0.25, 0.3) is 0 Å². The van der Waals surface area contributed by atoms with Crippen molar-refractivity contribution in [2.24, 2.45) is 0 Å². The number of aromatic carboxylic acids is 1. The number of halogens is 1. The monoisotopic (exact) mass is 247 g/mol. The molecule has 0 spiro atoms. The van der Waals surface area contributed by atoms with Gasteiger partial charge < -0.3 is 5.11 Å². The lowest BCUT2D eigenvalue weighted by atomic mass is 10.1. The summed E-state index contributed by atoms with van der Waals surface area (Å²) in [5.74, 6) is -1.01. The fourth-order valence-corrected chi connectivity index (χ4v) is 1.75. The number of nitrogens with zero attached hydrogens (tertiary/aromatic N) is 1. The Balaban J connectivity index is 2.16. The second-order valence-electron chi connectivity index (χ2n) is 3.66. The van der Waals surface area contributed by atoms with E-state index in [1.54, 1.807) is 12.3 Å². The first-order valence-electron chi connectivity index (χ1n) is 5.08. The lowest BCUT2D eigenvalue weighted by Crippen LogP contribution is -2.00. The molecule has 1 aromatic carbocycles. The van der Waals surface area contributed by atoms with E-state index in [1.165, 1.54) is 6.07 Å². The second-order valence-corrected chi connectivity index (χ2v) is 4.10. The van der Waals surface area contributed by atoms with Crippen LogP contribution >= 0.6 is 11.6 Å². The number of carbonyl (C=O) groups is 1. The molecule has 0 amide bonds. The fourth-order valence-electron chi connectivity index (χ4n) is 1.54. The molecule has 0 saturated heterocycles. The van der Waals surface area contributed by atoms with Crippen molar-refractivity contribution in [1.82, 2.24) is 4.98 Å². The van der Waals surface area contributed by atoms with Crippen molar-refractivity contribution in [1.29, 1.82) is 0 Å². The van der Waals surface area contributed by atoms with E-state index in [1.807, 2.05) is 24.3 Å². The molecule has 0 aliphatic rings. The maximum Gasteiger partial charge on any atom is 0.354 e. The molecule has 2 aromatic rings. The SMILES string of the molecule is O=C(O)c1ccc(Cc2cccc(Cl)c2)cn1. The first kappa shape index (κ1) is 11.6. The van der Waals surface area contributed by atoms with E-state index >= 15 is 0 Å². The molecule has 1 aromatic heterocycles. The highest BCUT2D eigenvalue weighted by atomic mass is 35.5. The molecule has 2 rings (SSSR count). The van der Waals surface area contributed by atoms with E-state index in [0.717, 1.165) is 11.1 Å². The standard InChI is InChI=1S/C13H10ClNO2/c14-11-3-1-2-9(7-11)6-10-4-5-12(13(16)17)15-8-10/h1-5,7-8H,6H2,(H,16,17). The summed E-state index contributed by atoms with van der Waals surface area (Å²) >= 11 is 5.88. The molecule has 0 fully saturated rings. The van der Waals surface area contributed by atoms with E-state index in [2.05, 4.69) is 4.98 Å². The maximum absolute atomic E-state index is 10.6. The first-order chi connectivity index (χ1) is 8.15. The van der Waals surface area contributed by atoms with Gasteiger partial charge in [-0.3, -0.25) is 0 Å². The van der Waals surface area contributed by atoms with E-state index in [0.29, 0.717) is 11.4 Å². The van der Waals surface area contributed by atoms with Gasteiger partial charge in [0.15, 0.2) is 0 Å². The Kier molecular flexibility index (Phi) is 3.40. The number of carboxylic acids is 1. The molecule has 0 atom stereocenters. The van der Waals surface area contributed by atoms with E-state index in [4.69, 9.17) is 16.7 Å². The third-order valence-electron chi connectivity index (χ3n) is 2.34. The maximum atomic E-state index is 10.6. The quantitative estimate of drug-likeness (QED) is 0.907. The summed E-state index contributed by atoms with van der Waals surface area (Å²) in [5.41, 5.74) is 2.08. The molecule has 0 aliphatic carbocycles. The summed E-state index contributed by atoms with van der Waals surface area (Å²) < 4.78 is 0. The molecule has 0 saturated carbocycles. The van der Waals surface area contributed by atoms with Crippen molar-refractivity contribution in [3.8, 4) is 0 Å². The third kappa shape index (κ3) is 3.04. The smallest absolute Gasteiger partial charge is 0.354 e. The van der Waals surface area contributed by atoms with Crippen LogP contribution < -0.4 is 0 Å². The Morgan fingerprint density at radius 3 is 2.65 bits per heavy atom. The Labute approximate surface area is 104 Å². The van der Waals surface area contributed by atoms with Crippen LogP contribution in [-0.4, -0.2) is 16.1 Å². The van der Waals surface area contributed by atoms with Crippen LogP contribution in [0.3, 0.4) is 0 Å². The van der Waals surface area contributed by atoms with Crippen LogP contribution in [0.1, 0.15) is 21.6 Å². The van der Waals surface area contributed by atoms with Gasteiger partial charge in [-0.15, -0.1) is 0 Å². The van der Waals surface area contributed by atoms with Crippen LogP contribution in [0.15, 0.2) is 42.6 Å². The summed E-state index contributed by atoms with van der Waals surface area (Å²) in [6.45, 7) is 0. The number of hydrogen-bond donors (Lipinski definition) is 1. The van der Waals surface area contributed by atoms with Gasteiger partial charge in [0.05, 0.1) is 0 Å². The lowest BCUT2D eigenvalue weighted by molar-refractivity contribution is 0.0690. The van der Waals surface area contributed by atoms with Gasteiger partial charge in [-0.25, -0.2) is 9.78 Å². The third-order valence-corrected chi connectivity index (χ3v) is 2.58. The highest BCUT2D eigenvalue weighted by Gasteiger charge is 2.04. The molecule has 1 N–H and O–H groups in total. The van der Waals surface area contributed by atoms with Crippen molar-refractivity contribution in [3.05, 3.63) is 64.4 Å². The van der Waals surface area contributed by atoms with E-state index in [9.17, 15) is 4.79 Å². The molecule has 3 nitrogen and oxygen atoms in total. The van der Waals surface area contributed by atoms with Gasteiger partial charge in [0, 0.05) is 11.2 Å². The Morgan fingerprint density at radius 2 is 2.06 bits per heavy atom. The van der Waals surface area contributed by atoms with Crippen LogP contribution in [0.2, 0.25) is 5.02 Å². The lowest BCUT2D eigenvalue weighted by Gasteiger charge is -2.02.